The molecule has 4 rings (SSSR count). The van der Waals surface area contributed by atoms with E-state index in [-0.39, 0.29) is 5.92 Å². The maximum atomic E-state index is 11.0. The molecule has 2 heterocycles. The van der Waals surface area contributed by atoms with Gasteiger partial charge in [-0.3, -0.25) is 4.98 Å². The molecule has 30 heavy (non-hydrogen) atoms. The Morgan fingerprint density at radius 2 is 1.93 bits per heavy atom. The molecule has 1 saturated heterocycles. The summed E-state index contributed by atoms with van der Waals surface area (Å²) in [5.41, 5.74) is 4.04. The summed E-state index contributed by atoms with van der Waals surface area (Å²) in [6.07, 6.45) is 5.22. The molecule has 4 heteroatoms. The van der Waals surface area contributed by atoms with Crippen molar-refractivity contribution in [2.45, 2.75) is 64.1 Å². The monoisotopic (exact) mass is 408 g/mol. The summed E-state index contributed by atoms with van der Waals surface area (Å²) in [6, 6.07) is 12.7. The largest absolute Gasteiger partial charge is 0.390 e. The van der Waals surface area contributed by atoms with Crippen molar-refractivity contribution in [3.8, 4) is 0 Å². The minimum atomic E-state index is -0.727. The molecule has 4 nitrogen and oxygen atoms in total. The van der Waals surface area contributed by atoms with Gasteiger partial charge in [0.1, 0.15) is 0 Å². The number of aliphatic hydroxyl groups excluding tert-OH is 1. The fourth-order valence-corrected chi connectivity index (χ4v) is 5.67. The maximum Gasteiger partial charge on any atom is 0.0965 e. The van der Waals surface area contributed by atoms with Gasteiger partial charge >= 0.3 is 0 Å². The lowest BCUT2D eigenvalue weighted by Crippen LogP contribution is -2.49. The molecule has 4 atom stereocenters. The topological polar surface area (TPSA) is 56.6 Å². The second-order valence-corrected chi connectivity index (χ2v) is 9.98. The maximum absolute atomic E-state index is 11.0. The SMILES string of the molecule is Cc1ccccc1C1CCN(C[C@@H]2CCc3cccnc3[C@@H](O)C2)CC1C(C)(C)O. The van der Waals surface area contributed by atoms with Gasteiger partial charge in [-0.15, -0.1) is 0 Å². The number of aromatic nitrogens is 1. The molecule has 1 aromatic heterocycles. The number of aryl methyl sites for hydroxylation is 2. The Kier molecular flexibility index (Phi) is 6.29. The predicted molar refractivity (Wildman–Crippen MR) is 120 cm³/mol. The van der Waals surface area contributed by atoms with Crippen LogP contribution < -0.4 is 0 Å². The number of piperidine rings is 1. The molecule has 1 aromatic carbocycles. The van der Waals surface area contributed by atoms with E-state index in [1.54, 1.807) is 6.20 Å². The molecule has 2 aromatic rings. The highest BCUT2D eigenvalue weighted by atomic mass is 16.3. The third kappa shape index (κ3) is 4.61. The lowest BCUT2D eigenvalue weighted by molar-refractivity contribution is -0.0335. The lowest BCUT2D eigenvalue weighted by Gasteiger charge is -2.45. The molecule has 0 radical (unpaired) electrons. The number of fused-ring (bicyclic) bond motifs is 1. The highest BCUT2D eigenvalue weighted by Gasteiger charge is 2.40. The standard InChI is InChI=1S/C26H36N2O2/c1-18-7-4-5-9-21(18)22-12-14-28(17-23(22)26(2,3)30)16-19-10-11-20-8-6-13-27-25(20)24(29)15-19/h4-9,13,19,22-24,29-30H,10-12,14-17H2,1-3H3/t19-,22?,23?,24+/m1/s1. The first kappa shape index (κ1) is 21.5. The Hall–Kier alpha value is -1.75. The van der Waals surface area contributed by atoms with Crippen LogP contribution in [-0.4, -0.2) is 45.3 Å². The zero-order valence-electron chi connectivity index (χ0n) is 18.6. The molecule has 0 amide bonds. The number of rotatable bonds is 4. The van der Waals surface area contributed by atoms with Crippen LogP contribution in [0.1, 0.15) is 67.5 Å². The van der Waals surface area contributed by atoms with Crippen LogP contribution in [0.2, 0.25) is 0 Å². The van der Waals surface area contributed by atoms with E-state index in [9.17, 15) is 10.2 Å². The van der Waals surface area contributed by atoms with E-state index < -0.39 is 11.7 Å². The van der Waals surface area contributed by atoms with Gasteiger partial charge in [-0.2, -0.15) is 0 Å². The molecule has 0 saturated carbocycles. The van der Waals surface area contributed by atoms with Crippen molar-refractivity contribution < 1.29 is 10.2 Å². The van der Waals surface area contributed by atoms with E-state index in [1.807, 2.05) is 19.9 Å². The van der Waals surface area contributed by atoms with E-state index in [0.29, 0.717) is 11.8 Å². The van der Waals surface area contributed by atoms with Crippen LogP contribution in [0, 0.1) is 18.8 Å². The fraction of sp³-hybridized carbons (Fsp3) is 0.577. The van der Waals surface area contributed by atoms with Crippen molar-refractivity contribution in [3.05, 3.63) is 65.0 Å². The van der Waals surface area contributed by atoms with Gasteiger partial charge in [0, 0.05) is 25.2 Å². The molecule has 2 unspecified atom stereocenters. The summed E-state index contributed by atoms with van der Waals surface area (Å²) < 4.78 is 0. The van der Waals surface area contributed by atoms with Crippen LogP contribution in [0.3, 0.4) is 0 Å². The summed E-state index contributed by atoms with van der Waals surface area (Å²) in [5.74, 6) is 1.03. The van der Waals surface area contributed by atoms with Gasteiger partial charge < -0.3 is 15.1 Å². The summed E-state index contributed by atoms with van der Waals surface area (Å²) >= 11 is 0. The van der Waals surface area contributed by atoms with Crippen molar-refractivity contribution in [2.24, 2.45) is 11.8 Å². The Labute approximate surface area is 181 Å². The number of nitrogens with zero attached hydrogens (tertiary/aromatic N) is 2. The first-order valence-electron chi connectivity index (χ1n) is 11.4. The smallest absolute Gasteiger partial charge is 0.0965 e. The van der Waals surface area contributed by atoms with Crippen LogP contribution in [0.25, 0.3) is 0 Å². The second kappa shape index (κ2) is 8.78. The van der Waals surface area contributed by atoms with Crippen LogP contribution >= 0.6 is 0 Å². The Morgan fingerprint density at radius 1 is 1.13 bits per heavy atom. The third-order valence-electron chi connectivity index (χ3n) is 7.33. The van der Waals surface area contributed by atoms with E-state index in [1.165, 1.54) is 16.7 Å². The first-order chi connectivity index (χ1) is 14.3. The van der Waals surface area contributed by atoms with E-state index in [0.717, 1.165) is 51.0 Å². The fourth-order valence-electron chi connectivity index (χ4n) is 5.67. The minimum Gasteiger partial charge on any atom is -0.390 e. The van der Waals surface area contributed by atoms with Crippen molar-refractivity contribution in [1.29, 1.82) is 0 Å². The average molecular weight is 409 g/mol. The average Bonchev–Trinajstić information content (AvgIpc) is 2.87. The molecule has 0 spiro atoms. The molecule has 2 N–H and O–H groups in total. The zero-order chi connectivity index (χ0) is 21.3. The highest BCUT2D eigenvalue weighted by molar-refractivity contribution is 5.31. The van der Waals surface area contributed by atoms with Crippen molar-refractivity contribution in [1.82, 2.24) is 9.88 Å². The van der Waals surface area contributed by atoms with E-state index in [4.69, 9.17) is 0 Å². The zero-order valence-corrected chi connectivity index (χ0v) is 18.6. The Bertz CT molecular complexity index is 860. The molecule has 1 aliphatic carbocycles. The second-order valence-electron chi connectivity index (χ2n) is 9.98. The minimum absolute atomic E-state index is 0.196. The van der Waals surface area contributed by atoms with Crippen LogP contribution in [0.5, 0.6) is 0 Å². The number of benzene rings is 1. The number of aliphatic hydroxyl groups is 2. The molecule has 1 fully saturated rings. The van der Waals surface area contributed by atoms with Gasteiger partial charge in [0.25, 0.3) is 0 Å². The Balaban J connectivity index is 1.46. The molecule has 1 aliphatic heterocycles. The third-order valence-corrected chi connectivity index (χ3v) is 7.33. The lowest BCUT2D eigenvalue weighted by atomic mass is 9.71. The van der Waals surface area contributed by atoms with Crippen LogP contribution in [0.4, 0.5) is 0 Å². The summed E-state index contributed by atoms with van der Waals surface area (Å²) in [7, 11) is 0. The summed E-state index contributed by atoms with van der Waals surface area (Å²) in [6.45, 7) is 9.04. The molecular formula is C26H36N2O2. The van der Waals surface area contributed by atoms with Crippen molar-refractivity contribution in [2.75, 3.05) is 19.6 Å². The first-order valence-corrected chi connectivity index (χ1v) is 11.4. The van der Waals surface area contributed by atoms with Gasteiger partial charge in [0.05, 0.1) is 17.4 Å². The molecule has 2 aliphatic rings. The number of likely N-dealkylation sites (tertiary alicyclic amines) is 1. The summed E-state index contributed by atoms with van der Waals surface area (Å²) in [5, 5.41) is 21.7. The van der Waals surface area contributed by atoms with Gasteiger partial charge in [0.15, 0.2) is 0 Å². The molecule has 162 valence electrons. The normalized spacial score (nSPS) is 28.0. The predicted octanol–water partition coefficient (Wildman–Crippen LogP) is 4.25. The molecular weight excluding hydrogens is 372 g/mol. The Morgan fingerprint density at radius 3 is 2.70 bits per heavy atom. The van der Waals surface area contributed by atoms with Crippen molar-refractivity contribution in [3.63, 3.8) is 0 Å². The quantitative estimate of drug-likeness (QED) is 0.743. The van der Waals surface area contributed by atoms with Crippen LogP contribution in [-0.2, 0) is 6.42 Å². The number of hydrogen-bond donors (Lipinski definition) is 2. The van der Waals surface area contributed by atoms with Gasteiger partial charge in [0.2, 0.25) is 0 Å². The highest BCUT2D eigenvalue weighted by Crippen LogP contribution is 2.41. The van der Waals surface area contributed by atoms with Crippen LogP contribution in [0.15, 0.2) is 42.6 Å². The molecule has 0 bridgehead atoms. The van der Waals surface area contributed by atoms with Gasteiger partial charge in [-0.1, -0.05) is 30.3 Å². The number of pyridine rings is 1. The van der Waals surface area contributed by atoms with E-state index in [2.05, 4.69) is 47.1 Å². The van der Waals surface area contributed by atoms with Crippen molar-refractivity contribution >= 4 is 0 Å². The number of hydrogen-bond acceptors (Lipinski definition) is 4. The summed E-state index contributed by atoms with van der Waals surface area (Å²) in [4.78, 5) is 6.97. The van der Waals surface area contributed by atoms with Gasteiger partial charge in [-0.05, 0) is 87.6 Å². The van der Waals surface area contributed by atoms with Gasteiger partial charge in [-0.25, -0.2) is 0 Å². The van der Waals surface area contributed by atoms with E-state index >= 15 is 0 Å².